The topological polar surface area (TPSA) is 141 Å². The van der Waals surface area contributed by atoms with Crippen LogP contribution in [-0.4, -0.2) is 43.9 Å². The van der Waals surface area contributed by atoms with Gasteiger partial charge in [0.15, 0.2) is 5.60 Å². The fraction of sp³-hybridized carbons (Fsp3) is 0.267. The second kappa shape index (κ2) is 7.95. The van der Waals surface area contributed by atoms with E-state index in [0.29, 0.717) is 0 Å². The van der Waals surface area contributed by atoms with Crippen LogP contribution in [0.25, 0.3) is 0 Å². The molecule has 23 heavy (non-hydrogen) atoms. The standard InChI is InChI=1S/C9H8O.C6H8O7/c1-2-6-9-8(4-1)5-3-7-10-9;7-3(8)1-6(13,5(11)12)2-4(9)10/h1-4,6-7H,5H2;13H,1-2H2,(H,7,8)(H,9,10)(H,11,12). The van der Waals surface area contributed by atoms with E-state index < -0.39 is 36.4 Å². The molecule has 1 aliphatic rings. The molecule has 0 fully saturated rings. The molecule has 1 heterocycles. The molecule has 1 aliphatic heterocycles. The molecule has 124 valence electrons. The Kier molecular flexibility index (Phi) is 6.28. The van der Waals surface area contributed by atoms with Crippen LogP contribution in [0.15, 0.2) is 36.6 Å². The fourth-order valence-electron chi connectivity index (χ4n) is 1.80. The molecule has 0 aromatic heterocycles. The molecule has 0 bridgehead atoms. The summed E-state index contributed by atoms with van der Waals surface area (Å²) in [6.07, 6.45) is 2.46. The first-order valence-electron chi connectivity index (χ1n) is 6.53. The molecule has 0 aliphatic carbocycles. The van der Waals surface area contributed by atoms with E-state index in [1.165, 1.54) is 5.56 Å². The molecule has 0 spiro atoms. The maximum atomic E-state index is 10.3. The van der Waals surface area contributed by atoms with Crippen LogP contribution in [0.2, 0.25) is 0 Å². The zero-order chi connectivity index (χ0) is 17.5. The minimum atomic E-state index is -2.74. The van der Waals surface area contributed by atoms with Gasteiger partial charge in [0.05, 0.1) is 19.1 Å². The molecule has 0 atom stereocenters. The van der Waals surface area contributed by atoms with Gasteiger partial charge in [0.2, 0.25) is 0 Å². The van der Waals surface area contributed by atoms with Gasteiger partial charge in [-0.15, -0.1) is 0 Å². The van der Waals surface area contributed by atoms with Crippen LogP contribution in [0.1, 0.15) is 18.4 Å². The molecule has 8 nitrogen and oxygen atoms in total. The van der Waals surface area contributed by atoms with Gasteiger partial charge >= 0.3 is 17.9 Å². The third-order valence-corrected chi connectivity index (χ3v) is 2.89. The van der Waals surface area contributed by atoms with Gasteiger partial charge in [-0.25, -0.2) is 4.79 Å². The highest BCUT2D eigenvalue weighted by Crippen LogP contribution is 2.21. The first-order valence-corrected chi connectivity index (χ1v) is 6.53. The Bertz CT molecular complexity index is 577. The summed E-state index contributed by atoms with van der Waals surface area (Å²) in [5, 5.41) is 33.8. The number of allylic oxidation sites excluding steroid dienone is 1. The van der Waals surface area contributed by atoms with Gasteiger partial charge in [-0.1, -0.05) is 18.2 Å². The number of aliphatic hydroxyl groups is 1. The largest absolute Gasteiger partial charge is 0.481 e. The minimum absolute atomic E-state index is 0.991. The Morgan fingerprint density at radius 1 is 1.04 bits per heavy atom. The first kappa shape index (κ1) is 18.2. The van der Waals surface area contributed by atoms with Crippen LogP contribution in [0.5, 0.6) is 5.75 Å². The molecule has 2 rings (SSSR count). The number of ether oxygens (including phenoxy) is 1. The van der Waals surface area contributed by atoms with Crippen molar-refractivity contribution in [2.24, 2.45) is 0 Å². The van der Waals surface area contributed by atoms with E-state index in [9.17, 15) is 14.4 Å². The van der Waals surface area contributed by atoms with Crippen molar-refractivity contribution in [2.75, 3.05) is 0 Å². The monoisotopic (exact) mass is 324 g/mol. The Balaban J connectivity index is 0.000000235. The number of carbonyl (C=O) groups is 3. The number of hydrogen-bond acceptors (Lipinski definition) is 5. The molecular formula is C15H16O8. The van der Waals surface area contributed by atoms with Gasteiger partial charge < -0.3 is 25.2 Å². The summed E-state index contributed by atoms with van der Waals surface area (Å²) >= 11 is 0. The van der Waals surface area contributed by atoms with Crippen molar-refractivity contribution in [1.29, 1.82) is 0 Å². The molecule has 0 amide bonds. The second-order valence-corrected chi connectivity index (χ2v) is 4.78. The third kappa shape index (κ3) is 5.79. The number of fused-ring (bicyclic) bond motifs is 1. The number of hydrogen-bond donors (Lipinski definition) is 4. The van der Waals surface area contributed by atoms with Crippen molar-refractivity contribution >= 4 is 17.9 Å². The number of carboxylic acid groups (broad SMARTS) is 3. The van der Waals surface area contributed by atoms with Gasteiger partial charge in [0.1, 0.15) is 5.75 Å². The molecule has 0 radical (unpaired) electrons. The minimum Gasteiger partial charge on any atom is -0.481 e. The highest BCUT2D eigenvalue weighted by Gasteiger charge is 2.40. The van der Waals surface area contributed by atoms with Crippen LogP contribution in [0, 0.1) is 0 Å². The van der Waals surface area contributed by atoms with Gasteiger partial charge in [0.25, 0.3) is 0 Å². The highest BCUT2D eigenvalue weighted by molar-refractivity contribution is 5.88. The van der Waals surface area contributed by atoms with Gasteiger partial charge in [0, 0.05) is 0 Å². The average Bonchev–Trinajstić information content (AvgIpc) is 2.46. The summed E-state index contributed by atoms with van der Waals surface area (Å²) in [4.78, 5) is 30.5. The van der Waals surface area contributed by atoms with Crippen molar-refractivity contribution in [2.45, 2.75) is 24.9 Å². The van der Waals surface area contributed by atoms with Gasteiger partial charge in [-0.05, 0) is 24.1 Å². The summed E-state index contributed by atoms with van der Waals surface area (Å²) in [5.41, 5.74) is -1.47. The number of aliphatic carboxylic acids is 3. The van der Waals surface area contributed by atoms with Crippen molar-refractivity contribution in [3.8, 4) is 5.75 Å². The summed E-state index contributed by atoms with van der Waals surface area (Å²) in [5.74, 6) is -4.03. The predicted molar refractivity (Wildman–Crippen MR) is 77.0 cm³/mol. The van der Waals surface area contributed by atoms with Crippen molar-refractivity contribution < 1.29 is 39.5 Å². The number of para-hydroxylation sites is 1. The number of benzene rings is 1. The van der Waals surface area contributed by atoms with Crippen LogP contribution < -0.4 is 4.74 Å². The lowest BCUT2D eigenvalue weighted by Crippen LogP contribution is -2.42. The zero-order valence-electron chi connectivity index (χ0n) is 12.0. The lowest BCUT2D eigenvalue weighted by Gasteiger charge is -2.18. The van der Waals surface area contributed by atoms with E-state index in [-0.39, 0.29) is 0 Å². The SMILES string of the molecule is C1=COc2ccccc2C1.O=C(O)CC(O)(CC(=O)O)C(=O)O. The Hall–Kier alpha value is -2.87. The van der Waals surface area contributed by atoms with Crippen LogP contribution >= 0.6 is 0 Å². The lowest BCUT2D eigenvalue weighted by atomic mass is 9.96. The average molecular weight is 324 g/mol. The predicted octanol–water partition coefficient (Wildman–Crippen LogP) is 0.887. The van der Waals surface area contributed by atoms with E-state index in [0.717, 1.165) is 12.2 Å². The molecule has 4 N–H and O–H groups in total. The van der Waals surface area contributed by atoms with E-state index in [1.54, 1.807) is 6.26 Å². The first-order chi connectivity index (χ1) is 10.7. The van der Waals surface area contributed by atoms with Crippen LogP contribution in [0.3, 0.4) is 0 Å². The van der Waals surface area contributed by atoms with Crippen molar-refractivity contribution in [3.05, 3.63) is 42.2 Å². The Labute approximate surface area is 131 Å². The molecule has 0 unspecified atom stereocenters. The molecular weight excluding hydrogens is 308 g/mol. The quantitative estimate of drug-likeness (QED) is 0.625. The summed E-state index contributed by atoms with van der Waals surface area (Å²) in [7, 11) is 0. The van der Waals surface area contributed by atoms with Crippen LogP contribution in [-0.2, 0) is 20.8 Å². The van der Waals surface area contributed by atoms with E-state index in [2.05, 4.69) is 6.07 Å². The fourth-order valence-corrected chi connectivity index (χ4v) is 1.80. The van der Waals surface area contributed by atoms with Gasteiger partial charge in [-0.2, -0.15) is 0 Å². The maximum absolute atomic E-state index is 10.3. The van der Waals surface area contributed by atoms with Crippen LogP contribution in [0.4, 0.5) is 0 Å². The zero-order valence-corrected chi connectivity index (χ0v) is 12.0. The molecule has 1 aromatic rings. The van der Waals surface area contributed by atoms with Crippen molar-refractivity contribution in [1.82, 2.24) is 0 Å². The normalized spacial score (nSPS) is 12.2. The summed E-state index contributed by atoms with van der Waals surface area (Å²) < 4.78 is 5.24. The van der Waals surface area contributed by atoms with Crippen molar-refractivity contribution in [3.63, 3.8) is 0 Å². The molecule has 8 heteroatoms. The van der Waals surface area contributed by atoms with E-state index in [4.69, 9.17) is 25.2 Å². The Morgan fingerprint density at radius 2 is 1.61 bits per heavy atom. The maximum Gasteiger partial charge on any atom is 0.336 e. The summed E-state index contributed by atoms with van der Waals surface area (Å²) in [6, 6.07) is 8.08. The van der Waals surface area contributed by atoms with E-state index in [1.807, 2.05) is 24.3 Å². The Morgan fingerprint density at radius 3 is 2.09 bits per heavy atom. The van der Waals surface area contributed by atoms with E-state index >= 15 is 0 Å². The number of rotatable bonds is 5. The molecule has 1 aromatic carbocycles. The lowest BCUT2D eigenvalue weighted by molar-refractivity contribution is -0.170. The molecule has 0 saturated heterocycles. The highest BCUT2D eigenvalue weighted by atomic mass is 16.5. The molecule has 0 saturated carbocycles. The summed E-state index contributed by atoms with van der Waals surface area (Å²) in [6.45, 7) is 0. The van der Waals surface area contributed by atoms with Gasteiger partial charge in [-0.3, -0.25) is 9.59 Å². The third-order valence-electron chi connectivity index (χ3n) is 2.89. The second-order valence-electron chi connectivity index (χ2n) is 4.78. The number of carboxylic acids is 3. The smallest absolute Gasteiger partial charge is 0.336 e.